The van der Waals surface area contributed by atoms with Crippen molar-refractivity contribution in [1.29, 1.82) is 0 Å². The molecule has 5 heterocycles. The molecule has 216 valence electrons. The van der Waals surface area contributed by atoms with Crippen LogP contribution < -0.4 is 0 Å². The summed E-state index contributed by atoms with van der Waals surface area (Å²) < 4.78 is 8.75. The Morgan fingerprint density at radius 1 is 0.478 bits per heavy atom. The van der Waals surface area contributed by atoms with Crippen LogP contribution in [0.2, 0.25) is 0 Å². The van der Waals surface area contributed by atoms with Gasteiger partial charge in [0, 0.05) is 52.6 Å². The molecule has 4 aromatic carbocycles. The first-order valence-corrected chi connectivity index (χ1v) is 15.1. The Kier molecular flexibility index (Phi) is 6.03. The van der Waals surface area contributed by atoms with Crippen molar-refractivity contribution in [2.75, 3.05) is 0 Å². The third kappa shape index (κ3) is 4.35. The number of hydrogen-bond donors (Lipinski definition) is 0. The van der Waals surface area contributed by atoms with Crippen molar-refractivity contribution in [2.45, 2.75) is 0 Å². The van der Waals surface area contributed by atoms with E-state index in [1.165, 1.54) is 0 Å². The van der Waals surface area contributed by atoms with Crippen LogP contribution in [0.1, 0.15) is 0 Å². The fraction of sp³-hybridized carbons (Fsp3) is 0. The fourth-order valence-electron chi connectivity index (χ4n) is 6.26. The molecule has 6 nitrogen and oxygen atoms in total. The van der Waals surface area contributed by atoms with E-state index >= 15 is 0 Å². The zero-order chi connectivity index (χ0) is 30.5. The molecule has 0 aliphatic rings. The van der Waals surface area contributed by atoms with Gasteiger partial charge in [0.1, 0.15) is 5.52 Å². The fourth-order valence-corrected chi connectivity index (χ4v) is 6.26. The molecular weight excluding hydrogens is 566 g/mol. The highest BCUT2D eigenvalue weighted by molar-refractivity contribution is 6.19. The summed E-state index contributed by atoms with van der Waals surface area (Å²) >= 11 is 0. The van der Waals surface area contributed by atoms with E-state index < -0.39 is 0 Å². The summed E-state index contributed by atoms with van der Waals surface area (Å²) in [6.45, 7) is 0. The number of para-hydroxylation sites is 1. The first-order valence-electron chi connectivity index (χ1n) is 15.1. The van der Waals surface area contributed by atoms with Crippen molar-refractivity contribution >= 4 is 32.9 Å². The van der Waals surface area contributed by atoms with E-state index in [1.54, 1.807) is 12.4 Å². The Hall–Kier alpha value is -6.40. The number of nitrogens with zero attached hydrogens (tertiary/aromatic N) is 5. The maximum absolute atomic E-state index is 6.46. The van der Waals surface area contributed by atoms with E-state index in [1.807, 2.05) is 73.1 Å². The van der Waals surface area contributed by atoms with Gasteiger partial charge in [0.15, 0.2) is 5.58 Å². The quantitative estimate of drug-likeness (QED) is 0.199. The summed E-state index contributed by atoms with van der Waals surface area (Å²) in [6, 6.07) is 43.6. The van der Waals surface area contributed by atoms with Crippen molar-refractivity contribution in [1.82, 2.24) is 24.5 Å². The second-order valence-corrected chi connectivity index (χ2v) is 11.2. The lowest BCUT2D eigenvalue weighted by Crippen LogP contribution is -1.95. The standard InChI is InChI=1S/C40H25N5O/c1-2-6-29(7-3-1)40-44-33-14-15-37-38(39(33)46-40)32-8-4-5-9-36(32)45(37)31-12-10-27(11-13-31)34-24-30(26-16-20-41-21-17-26)25-35(43-34)28-18-22-42-23-19-28/h1-25H. The Bertz CT molecular complexity index is 2440. The predicted molar refractivity (Wildman–Crippen MR) is 183 cm³/mol. The zero-order valence-corrected chi connectivity index (χ0v) is 24.6. The lowest BCUT2D eigenvalue weighted by Gasteiger charge is -2.12. The summed E-state index contributed by atoms with van der Waals surface area (Å²) in [5.41, 5.74) is 11.8. The molecule has 9 rings (SSSR count). The Morgan fingerprint density at radius 3 is 1.87 bits per heavy atom. The molecule has 0 aliphatic carbocycles. The summed E-state index contributed by atoms with van der Waals surface area (Å²) in [5.74, 6) is 0.622. The highest BCUT2D eigenvalue weighted by Gasteiger charge is 2.19. The SMILES string of the molecule is c1ccc(-c2nc3ccc4c(c5ccccc5n4-c4ccc(-c5cc(-c6ccncc6)cc(-c6ccncc6)n5)cc4)c3o2)cc1. The van der Waals surface area contributed by atoms with E-state index in [0.29, 0.717) is 5.89 Å². The van der Waals surface area contributed by atoms with Crippen molar-refractivity contribution in [3.63, 3.8) is 0 Å². The lowest BCUT2D eigenvalue weighted by atomic mass is 10.0. The lowest BCUT2D eigenvalue weighted by molar-refractivity contribution is 0.623. The molecule has 0 atom stereocenters. The first kappa shape index (κ1) is 26.0. The van der Waals surface area contributed by atoms with E-state index in [0.717, 1.165) is 77.8 Å². The largest absolute Gasteiger partial charge is 0.435 e. The van der Waals surface area contributed by atoms with Gasteiger partial charge in [-0.15, -0.1) is 0 Å². The minimum atomic E-state index is 0.622. The molecular formula is C40H25N5O. The monoisotopic (exact) mass is 591 g/mol. The molecule has 46 heavy (non-hydrogen) atoms. The topological polar surface area (TPSA) is 69.6 Å². The molecule has 0 amide bonds. The highest BCUT2D eigenvalue weighted by atomic mass is 16.3. The normalized spacial score (nSPS) is 11.5. The summed E-state index contributed by atoms with van der Waals surface area (Å²) in [5, 5.41) is 2.18. The number of hydrogen-bond acceptors (Lipinski definition) is 5. The molecule has 0 bridgehead atoms. The molecule has 0 saturated carbocycles. The number of oxazole rings is 1. The van der Waals surface area contributed by atoms with Crippen LogP contribution in [0.4, 0.5) is 0 Å². The Labute approximate surface area is 264 Å². The van der Waals surface area contributed by atoms with Crippen LogP contribution in [0.5, 0.6) is 0 Å². The van der Waals surface area contributed by atoms with E-state index in [2.05, 4.69) is 81.3 Å². The summed E-state index contributed by atoms with van der Waals surface area (Å²) in [6.07, 6.45) is 7.23. The van der Waals surface area contributed by atoms with Gasteiger partial charge >= 0.3 is 0 Å². The van der Waals surface area contributed by atoms with Crippen molar-refractivity contribution in [2.24, 2.45) is 0 Å². The molecule has 0 saturated heterocycles. The number of fused-ring (bicyclic) bond motifs is 5. The van der Waals surface area contributed by atoms with Crippen LogP contribution in [0.25, 0.3) is 83.7 Å². The van der Waals surface area contributed by atoms with Crippen LogP contribution >= 0.6 is 0 Å². The molecule has 6 heteroatoms. The molecule has 0 fully saturated rings. The van der Waals surface area contributed by atoms with Gasteiger partial charge in [-0.3, -0.25) is 9.97 Å². The van der Waals surface area contributed by atoms with Crippen LogP contribution in [-0.4, -0.2) is 24.5 Å². The van der Waals surface area contributed by atoms with Gasteiger partial charge in [-0.1, -0.05) is 48.5 Å². The van der Waals surface area contributed by atoms with Crippen molar-refractivity contribution in [3.05, 3.63) is 152 Å². The molecule has 0 radical (unpaired) electrons. The van der Waals surface area contributed by atoms with Gasteiger partial charge in [0.05, 0.1) is 27.8 Å². The van der Waals surface area contributed by atoms with E-state index in [9.17, 15) is 0 Å². The average molecular weight is 592 g/mol. The van der Waals surface area contributed by atoms with E-state index in [4.69, 9.17) is 14.4 Å². The first-order chi connectivity index (χ1) is 22.8. The molecule has 0 spiro atoms. The number of benzene rings is 4. The second kappa shape index (κ2) is 10.6. The molecule has 0 unspecified atom stereocenters. The van der Waals surface area contributed by atoms with Crippen molar-refractivity contribution in [3.8, 4) is 50.8 Å². The minimum Gasteiger partial charge on any atom is -0.435 e. The third-order valence-electron chi connectivity index (χ3n) is 8.45. The number of aromatic nitrogens is 5. The van der Waals surface area contributed by atoms with Crippen molar-refractivity contribution < 1.29 is 4.42 Å². The second-order valence-electron chi connectivity index (χ2n) is 11.2. The van der Waals surface area contributed by atoms with Crippen LogP contribution in [0.3, 0.4) is 0 Å². The molecule has 0 N–H and O–H groups in total. The predicted octanol–water partition coefficient (Wildman–Crippen LogP) is 9.78. The summed E-state index contributed by atoms with van der Waals surface area (Å²) in [7, 11) is 0. The Balaban J connectivity index is 1.18. The van der Waals surface area contributed by atoms with Crippen LogP contribution in [0.15, 0.2) is 157 Å². The maximum atomic E-state index is 6.46. The average Bonchev–Trinajstić information content (AvgIpc) is 3.72. The summed E-state index contributed by atoms with van der Waals surface area (Å²) in [4.78, 5) is 18.3. The molecule has 9 aromatic rings. The zero-order valence-electron chi connectivity index (χ0n) is 24.6. The van der Waals surface area contributed by atoms with Gasteiger partial charge in [0.2, 0.25) is 5.89 Å². The third-order valence-corrected chi connectivity index (χ3v) is 8.45. The number of rotatable bonds is 5. The van der Waals surface area contributed by atoms with Crippen LogP contribution in [0, 0.1) is 0 Å². The van der Waals surface area contributed by atoms with Gasteiger partial charge in [-0.05, 0) is 90.0 Å². The number of pyridine rings is 3. The van der Waals surface area contributed by atoms with Gasteiger partial charge < -0.3 is 8.98 Å². The van der Waals surface area contributed by atoms with E-state index in [-0.39, 0.29) is 0 Å². The molecule has 0 aliphatic heterocycles. The maximum Gasteiger partial charge on any atom is 0.227 e. The smallest absolute Gasteiger partial charge is 0.227 e. The van der Waals surface area contributed by atoms with Gasteiger partial charge in [-0.2, -0.15) is 0 Å². The molecule has 5 aromatic heterocycles. The van der Waals surface area contributed by atoms with Gasteiger partial charge in [-0.25, -0.2) is 9.97 Å². The Morgan fingerprint density at radius 2 is 1.13 bits per heavy atom. The highest BCUT2D eigenvalue weighted by Crippen LogP contribution is 2.39. The minimum absolute atomic E-state index is 0.622. The van der Waals surface area contributed by atoms with Crippen LogP contribution in [-0.2, 0) is 0 Å². The van der Waals surface area contributed by atoms with Gasteiger partial charge in [0.25, 0.3) is 0 Å².